The van der Waals surface area contributed by atoms with Crippen LogP contribution in [0.1, 0.15) is 10.4 Å². The Kier molecular flexibility index (Phi) is 5.58. The quantitative estimate of drug-likeness (QED) is 0.811. The minimum atomic E-state index is -0.214. The lowest BCUT2D eigenvalue weighted by atomic mass is 10.1. The Morgan fingerprint density at radius 1 is 1.27 bits per heavy atom. The molecule has 0 radical (unpaired) electrons. The number of halogens is 1. The van der Waals surface area contributed by atoms with E-state index in [4.69, 9.17) is 4.74 Å². The molecule has 2 amide bonds. The second-order valence-corrected chi connectivity index (χ2v) is 7.20. The normalized spacial score (nSPS) is 13.4. The van der Waals surface area contributed by atoms with Crippen molar-refractivity contribution in [3.05, 3.63) is 52.5 Å². The zero-order valence-corrected chi connectivity index (χ0v) is 16.2. The number of ether oxygens (including phenoxy) is 1. The number of likely N-dealkylation sites (N-methyl/N-ethyl adjacent to an activating group) is 1. The van der Waals surface area contributed by atoms with Crippen molar-refractivity contribution >= 4 is 39.1 Å². The summed E-state index contributed by atoms with van der Waals surface area (Å²) < 4.78 is 6.35. The standard InChI is InChI=1S/C19H20BrN3O3/c1-22(2)8-9-23-16-11-15(6-7-17(16)26-12-18(23)24)21-19(25)13-4-3-5-14(20)10-13/h3-7,10-11H,8-9,12H2,1-2H3,(H,21,25). The average molecular weight is 418 g/mol. The van der Waals surface area contributed by atoms with E-state index in [-0.39, 0.29) is 18.4 Å². The first-order chi connectivity index (χ1) is 12.4. The van der Waals surface area contributed by atoms with Crippen molar-refractivity contribution in [2.45, 2.75) is 0 Å². The third-order valence-electron chi connectivity index (χ3n) is 4.02. The monoisotopic (exact) mass is 417 g/mol. The number of hydrogen-bond acceptors (Lipinski definition) is 4. The second kappa shape index (κ2) is 7.88. The van der Waals surface area contributed by atoms with E-state index >= 15 is 0 Å². The molecule has 0 aliphatic carbocycles. The Labute approximate surface area is 160 Å². The lowest BCUT2D eigenvalue weighted by molar-refractivity contribution is -0.121. The summed E-state index contributed by atoms with van der Waals surface area (Å²) in [6.07, 6.45) is 0. The first-order valence-electron chi connectivity index (χ1n) is 8.23. The van der Waals surface area contributed by atoms with Crippen molar-refractivity contribution in [1.82, 2.24) is 4.90 Å². The molecule has 0 atom stereocenters. The van der Waals surface area contributed by atoms with E-state index in [0.29, 0.717) is 29.2 Å². The van der Waals surface area contributed by atoms with Gasteiger partial charge in [0.05, 0.1) is 5.69 Å². The summed E-state index contributed by atoms with van der Waals surface area (Å²) in [7, 11) is 3.92. The maximum absolute atomic E-state index is 12.4. The number of amides is 2. The maximum Gasteiger partial charge on any atom is 0.265 e. The zero-order chi connectivity index (χ0) is 18.7. The van der Waals surface area contributed by atoms with E-state index in [9.17, 15) is 9.59 Å². The first-order valence-corrected chi connectivity index (χ1v) is 9.02. The van der Waals surface area contributed by atoms with Crippen LogP contribution in [-0.2, 0) is 4.79 Å². The van der Waals surface area contributed by atoms with Crippen molar-refractivity contribution in [2.75, 3.05) is 44.0 Å². The molecule has 0 fully saturated rings. The molecule has 0 saturated carbocycles. The fraction of sp³-hybridized carbons (Fsp3) is 0.263. The van der Waals surface area contributed by atoms with Crippen molar-refractivity contribution in [1.29, 1.82) is 0 Å². The predicted octanol–water partition coefficient (Wildman–Crippen LogP) is 2.99. The Bertz CT molecular complexity index is 839. The van der Waals surface area contributed by atoms with Gasteiger partial charge in [0.1, 0.15) is 5.75 Å². The van der Waals surface area contributed by atoms with Gasteiger partial charge >= 0.3 is 0 Å². The number of carbonyl (C=O) groups is 2. The van der Waals surface area contributed by atoms with E-state index < -0.39 is 0 Å². The van der Waals surface area contributed by atoms with E-state index in [0.717, 1.165) is 11.0 Å². The number of carbonyl (C=O) groups excluding carboxylic acids is 2. The van der Waals surface area contributed by atoms with E-state index in [1.807, 2.05) is 25.1 Å². The molecule has 6 nitrogen and oxygen atoms in total. The molecule has 1 aliphatic rings. The van der Waals surface area contributed by atoms with Gasteiger partial charge in [-0.2, -0.15) is 0 Å². The van der Waals surface area contributed by atoms with Crippen LogP contribution in [0.4, 0.5) is 11.4 Å². The summed E-state index contributed by atoms with van der Waals surface area (Å²) in [5.74, 6) is 0.341. The van der Waals surface area contributed by atoms with E-state index in [1.165, 1.54) is 0 Å². The smallest absolute Gasteiger partial charge is 0.265 e. The first kappa shape index (κ1) is 18.4. The van der Waals surface area contributed by atoms with Crippen LogP contribution in [-0.4, -0.2) is 50.5 Å². The minimum Gasteiger partial charge on any atom is -0.482 e. The van der Waals surface area contributed by atoms with Gasteiger partial charge in [-0.25, -0.2) is 0 Å². The molecular weight excluding hydrogens is 398 g/mol. The summed E-state index contributed by atoms with van der Waals surface area (Å²) in [6.45, 7) is 1.33. The molecule has 0 aromatic heterocycles. The average Bonchev–Trinajstić information content (AvgIpc) is 2.60. The highest BCUT2D eigenvalue weighted by molar-refractivity contribution is 9.10. The summed E-state index contributed by atoms with van der Waals surface area (Å²) in [5, 5.41) is 2.87. The van der Waals surface area contributed by atoms with Crippen LogP contribution in [0.2, 0.25) is 0 Å². The molecule has 0 spiro atoms. The Morgan fingerprint density at radius 3 is 2.81 bits per heavy atom. The molecule has 2 aromatic rings. The number of hydrogen-bond donors (Lipinski definition) is 1. The lowest BCUT2D eigenvalue weighted by Crippen LogP contribution is -2.42. The van der Waals surface area contributed by atoms with Gasteiger partial charge in [-0.15, -0.1) is 0 Å². The number of benzene rings is 2. The van der Waals surface area contributed by atoms with Crippen LogP contribution in [0.15, 0.2) is 46.9 Å². The van der Waals surface area contributed by atoms with Gasteiger partial charge < -0.3 is 19.9 Å². The number of nitrogens with one attached hydrogen (secondary N) is 1. The molecule has 136 valence electrons. The van der Waals surface area contributed by atoms with Crippen LogP contribution in [0.25, 0.3) is 0 Å². The van der Waals surface area contributed by atoms with E-state index in [1.54, 1.807) is 41.3 Å². The third-order valence-corrected chi connectivity index (χ3v) is 4.51. The summed E-state index contributed by atoms with van der Waals surface area (Å²) in [5.41, 5.74) is 1.84. The van der Waals surface area contributed by atoms with Crippen molar-refractivity contribution in [3.8, 4) is 5.75 Å². The third kappa shape index (κ3) is 4.23. The van der Waals surface area contributed by atoms with Gasteiger partial charge in [0.2, 0.25) is 0 Å². The molecule has 0 saturated heterocycles. The molecular formula is C19H20BrN3O3. The molecule has 1 heterocycles. The maximum atomic E-state index is 12.4. The molecule has 1 aliphatic heterocycles. The number of fused-ring (bicyclic) bond motifs is 1. The van der Waals surface area contributed by atoms with Gasteiger partial charge in [0.25, 0.3) is 11.8 Å². The van der Waals surface area contributed by atoms with Crippen LogP contribution >= 0.6 is 15.9 Å². The van der Waals surface area contributed by atoms with Crippen LogP contribution in [0.5, 0.6) is 5.75 Å². The Hall–Kier alpha value is -2.38. The molecule has 7 heteroatoms. The summed E-state index contributed by atoms with van der Waals surface area (Å²) >= 11 is 3.36. The SMILES string of the molecule is CN(C)CCN1C(=O)COc2ccc(NC(=O)c3cccc(Br)c3)cc21. The highest BCUT2D eigenvalue weighted by atomic mass is 79.9. The largest absolute Gasteiger partial charge is 0.482 e. The molecule has 2 aromatic carbocycles. The van der Waals surface area contributed by atoms with Gasteiger partial charge in [-0.1, -0.05) is 22.0 Å². The van der Waals surface area contributed by atoms with Gasteiger partial charge in [-0.3, -0.25) is 9.59 Å². The summed E-state index contributed by atoms with van der Waals surface area (Å²) in [4.78, 5) is 28.4. The topological polar surface area (TPSA) is 61.9 Å². The summed E-state index contributed by atoms with van der Waals surface area (Å²) in [6, 6.07) is 12.5. The fourth-order valence-corrected chi connectivity index (χ4v) is 3.06. The fourth-order valence-electron chi connectivity index (χ4n) is 2.66. The highest BCUT2D eigenvalue weighted by Gasteiger charge is 2.25. The number of rotatable bonds is 5. The van der Waals surface area contributed by atoms with E-state index in [2.05, 4.69) is 21.2 Å². The second-order valence-electron chi connectivity index (χ2n) is 6.28. The number of nitrogens with zero attached hydrogens (tertiary/aromatic N) is 2. The van der Waals surface area contributed by atoms with Crippen LogP contribution < -0.4 is 15.0 Å². The predicted molar refractivity (Wildman–Crippen MR) is 105 cm³/mol. The number of anilines is 2. The highest BCUT2D eigenvalue weighted by Crippen LogP contribution is 2.34. The van der Waals surface area contributed by atoms with Gasteiger partial charge in [0.15, 0.2) is 6.61 Å². The van der Waals surface area contributed by atoms with Crippen LogP contribution in [0.3, 0.4) is 0 Å². The molecule has 0 unspecified atom stereocenters. The Morgan fingerprint density at radius 2 is 2.08 bits per heavy atom. The molecule has 26 heavy (non-hydrogen) atoms. The van der Waals surface area contributed by atoms with Crippen molar-refractivity contribution in [2.24, 2.45) is 0 Å². The van der Waals surface area contributed by atoms with Crippen molar-refractivity contribution < 1.29 is 14.3 Å². The van der Waals surface area contributed by atoms with Gasteiger partial charge in [-0.05, 0) is 50.5 Å². The van der Waals surface area contributed by atoms with Gasteiger partial charge in [0, 0.05) is 28.8 Å². The minimum absolute atomic E-state index is 0.0319. The Balaban J connectivity index is 1.82. The molecule has 1 N–H and O–H groups in total. The zero-order valence-electron chi connectivity index (χ0n) is 14.7. The molecule has 0 bridgehead atoms. The lowest BCUT2D eigenvalue weighted by Gasteiger charge is -2.30. The van der Waals surface area contributed by atoms with Crippen molar-refractivity contribution in [3.63, 3.8) is 0 Å². The van der Waals surface area contributed by atoms with Crippen LogP contribution in [0, 0.1) is 0 Å². The molecule has 3 rings (SSSR count).